The van der Waals surface area contributed by atoms with Gasteiger partial charge in [0, 0.05) is 56.4 Å². The first kappa shape index (κ1) is 22.7. The summed E-state index contributed by atoms with van der Waals surface area (Å²) >= 11 is 0. The van der Waals surface area contributed by atoms with Gasteiger partial charge in [0.05, 0.1) is 22.1 Å². The van der Waals surface area contributed by atoms with Crippen LogP contribution in [-0.4, -0.2) is 51.0 Å². The van der Waals surface area contributed by atoms with E-state index in [0.29, 0.717) is 0 Å². The molecule has 0 bridgehead atoms. The number of aromatic nitrogens is 4. The normalized spacial score (nSPS) is 15.1. The average Bonchev–Trinajstić information content (AvgIpc) is 3.32. The summed E-state index contributed by atoms with van der Waals surface area (Å²) in [6, 6.07) is 21.7. The van der Waals surface area contributed by atoms with Crippen molar-refractivity contribution in [3.63, 3.8) is 0 Å². The van der Waals surface area contributed by atoms with Crippen molar-refractivity contribution in [3.05, 3.63) is 84.2 Å². The lowest BCUT2D eigenvalue weighted by molar-refractivity contribution is 0.250. The lowest BCUT2D eigenvalue weighted by Crippen LogP contribution is -2.45. The molecule has 3 heterocycles. The summed E-state index contributed by atoms with van der Waals surface area (Å²) in [7, 11) is 0. The molecule has 0 atom stereocenters. The van der Waals surface area contributed by atoms with Gasteiger partial charge in [0.1, 0.15) is 5.82 Å². The molecule has 182 valence electrons. The largest absolute Gasteiger partial charge is 0.369 e. The number of benzene rings is 3. The van der Waals surface area contributed by atoms with Crippen LogP contribution < -0.4 is 4.90 Å². The summed E-state index contributed by atoms with van der Waals surface area (Å²) in [5, 5.41) is 0. The van der Waals surface area contributed by atoms with E-state index in [2.05, 4.69) is 106 Å². The number of aromatic amines is 1. The fraction of sp³-hybridized carbons (Fsp3) is 0.300. The molecule has 2 aromatic heterocycles. The average molecular weight is 477 g/mol. The molecule has 0 radical (unpaired) electrons. The van der Waals surface area contributed by atoms with Crippen molar-refractivity contribution in [1.29, 1.82) is 0 Å². The van der Waals surface area contributed by atoms with Crippen LogP contribution in [0.5, 0.6) is 0 Å². The molecule has 1 N–H and O–H groups in total. The molecule has 3 aromatic carbocycles. The summed E-state index contributed by atoms with van der Waals surface area (Å²) in [5.41, 5.74) is 9.15. The van der Waals surface area contributed by atoms with Crippen LogP contribution in [0.3, 0.4) is 0 Å². The van der Waals surface area contributed by atoms with Crippen molar-refractivity contribution in [2.24, 2.45) is 0 Å². The Labute approximate surface area is 212 Å². The fourth-order valence-electron chi connectivity index (χ4n) is 4.99. The third-order valence-electron chi connectivity index (χ3n) is 7.17. The zero-order valence-corrected chi connectivity index (χ0v) is 21.2. The van der Waals surface area contributed by atoms with Crippen LogP contribution in [0, 0.1) is 0 Å². The number of nitrogens with one attached hydrogen (secondary N) is 1. The SMILES string of the molecule is CC(C)(C)c1ccc(-c2nc3ccc(N4CCN(Cc5ccc6nccnc6c5)CC4)cc3[nH]2)cc1. The van der Waals surface area contributed by atoms with Crippen molar-refractivity contribution in [1.82, 2.24) is 24.8 Å². The van der Waals surface area contributed by atoms with E-state index in [1.54, 1.807) is 12.4 Å². The molecule has 5 aromatic rings. The van der Waals surface area contributed by atoms with Crippen LogP contribution in [0.15, 0.2) is 73.1 Å². The molecule has 0 amide bonds. The highest BCUT2D eigenvalue weighted by atomic mass is 15.3. The van der Waals surface area contributed by atoms with Crippen molar-refractivity contribution in [2.45, 2.75) is 32.7 Å². The zero-order chi connectivity index (χ0) is 24.7. The molecule has 6 heteroatoms. The minimum Gasteiger partial charge on any atom is -0.369 e. The van der Waals surface area contributed by atoms with Crippen molar-refractivity contribution < 1.29 is 0 Å². The number of piperazine rings is 1. The maximum absolute atomic E-state index is 4.85. The second-order valence-electron chi connectivity index (χ2n) is 10.8. The van der Waals surface area contributed by atoms with Gasteiger partial charge in [0.2, 0.25) is 0 Å². The smallest absolute Gasteiger partial charge is 0.138 e. The van der Waals surface area contributed by atoms with Crippen molar-refractivity contribution in [3.8, 4) is 11.4 Å². The van der Waals surface area contributed by atoms with Gasteiger partial charge in [-0.1, -0.05) is 51.1 Å². The molecule has 0 saturated carbocycles. The second-order valence-corrected chi connectivity index (χ2v) is 10.8. The summed E-state index contributed by atoms with van der Waals surface area (Å²) in [6.45, 7) is 11.7. The highest BCUT2D eigenvalue weighted by molar-refractivity contribution is 5.83. The molecular formula is C30H32N6. The topological polar surface area (TPSA) is 60.9 Å². The number of rotatable bonds is 4. The van der Waals surface area contributed by atoms with Gasteiger partial charge in [0.15, 0.2) is 0 Å². The van der Waals surface area contributed by atoms with Crippen molar-refractivity contribution in [2.75, 3.05) is 31.1 Å². The molecule has 1 aliphatic rings. The van der Waals surface area contributed by atoms with E-state index in [1.165, 1.54) is 16.8 Å². The van der Waals surface area contributed by atoms with E-state index in [0.717, 1.165) is 66.2 Å². The van der Waals surface area contributed by atoms with Gasteiger partial charge in [-0.15, -0.1) is 0 Å². The minimum atomic E-state index is 0.148. The predicted octanol–water partition coefficient (Wildman–Crippen LogP) is 5.79. The Hall–Kier alpha value is -3.77. The van der Waals surface area contributed by atoms with Gasteiger partial charge in [-0.2, -0.15) is 0 Å². The standard InChI is InChI=1S/C30H32N6/c1-30(2,3)23-7-5-22(6-8-23)29-33-26-11-9-24(19-28(26)34-29)36-16-14-35(15-17-36)20-21-4-10-25-27(18-21)32-13-12-31-25/h4-13,18-19H,14-17,20H2,1-3H3,(H,33,34). The Morgan fingerprint density at radius 3 is 2.25 bits per heavy atom. The van der Waals surface area contributed by atoms with Crippen LogP contribution in [0.1, 0.15) is 31.9 Å². The number of hydrogen-bond acceptors (Lipinski definition) is 5. The van der Waals surface area contributed by atoms with E-state index < -0.39 is 0 Å². The first-order valence-corrected chi connectivity index (χ1v) is 12.7. The van der Waals surface area contributed by atoms with Gasteiger partial charge in [-0.05, 0) is 46.9 Å². The van der Waals surface area contributed by atoms with E-state index in [4.69, 9.17) is 4.98 Å². The Bertz CT molecular complexity index is 1500. The Kier molecular flexibility index (Phi) is 5.69. The van der Waals surface area contributed by atoms with Crippen LogP contribution >= 0.6 is 0 Å². The molecule has 6 rings (SSSR count). The van der Waals surface area contributed by atoms with E-state index in [-0.39, 0.29) is 5.41 Å². The molecular weight excluding hydrogens is 444 g/mol. The highest BCUT2D eigenvalue weighted by Gasteiger charge is 2.19. The molecule has 36 heavy (non-hydrogen) atoms. The number of anilines is 1. The van der Waals surface area contributed by atoms with Crippen molar-refractivity contribution >= 4 is 27.8 Å². The monoisotopic (exact) mass is 476 g/mol. The quantitative estimate of drug-likeness (QED) is 0.356. The number of nitrogens with zero attached hydrogens (tertiary/aromatic N) is 5. The van der Waals surface area contributed by atoms with Crippen LogP contribution in [0.2, 0.25) is 0 Å². The van der Waals surface area contributed by atoms with Crippen LogP contribution in [0.25, 0.3) is 33.5 Å². The van der Waals surface area contributed by atoms with Gasteiger partial charge < -0.3 is 9.88 Å². The van der Waals surface area contributed by atoms with E-state index >= 15 is 0 Å². The molecule has 0 aliphatic carbocycles. The Morgan fingerprint density at radius 1 is 0.778 bits per heavy atom. The van der Waals surface area contributed by atoms with Crippen LogP contribution in [0.4, 0.5) is 5.69 Å². The Morgan fingerprint density at radius 2 is 1.50 bits per heavy atom. The molecule has 1 aliphatic heterocycles. The second kappa shape index (κ2) is 9.03. The van der Waals surface area contributed by atoms with Gasteiger partial charge in [-0.25, -0.2) is 4.98 Å². The Balaban J connectivity index is 1.13. The van der Waals surface area contributed by atoms with Crippen LogP contribution in [-0.2, 0) is 12.0 Å². The van der Waals surface area contributed by atoms with E-state index in [9.17, 15) is 0 Å². The minimum absolute atomic E-state index is 0.148. The summed E-state index contributed by atoms with van der Waals surface area (Å²) < 4.78 is 0. The summed E-state index contributed by atoms with van der Waals surface area (Å²) in [4.78, 5) is 22.2. The molecule has 6 nitrogen and oxygen atoms in total. The molecule has 0 spiro atoms. The number of fused-ring (bicyclic) bond motifs is 2. The summed E-state index contributed by atoms with van der Waals surface area (Å²) in [6.07, 6.45) is 3.50. The van der Waals surface area contributed by atoms with Gasteiger partial charge >= 0.3 is 0 Å². The lowest BCUT2D eigenvalue weighted by atomic mass is 9.87. The first-order valence-electron chi connectivity index (χ1n) is 12.7. The first-order chi connectivity index (χ1) is 17.4. The molecule has 1 saturated heterocycles. The van der Waals surface area contributed by atoms with E-state index in [1.807, 2.05) is 0 Å². The number of imidazole rings is 1. The maximum atomic E-state index is 4.85. The highest BCUT2D eigenvalue weighted by Crippen LogP contribution is 2.28. The molecule has 1 fully saturated rings. The zero-order valence-electron chi connectivity index (χ0n) is 21.2. The number of H-pyrrole nitrogens is 1. The number of hydrogen-bond donors (Lipinski definition) is 1. The van der Waals surface area contributed by atoms with Gasteiger partial charge in [0.25, 0.3) is 0 Å². The lowest BCUT2D eigenvalue weighted by Gasteiger charge is -2.36. The predicted molar refractivity (Wildman–Crippen MR) is 147 cm³/mol. The maximum Gasteiger partial charge on any atom is 0.138 e. The third-order valence-corrected chi connectivity index (χ3v) is 7.17. The fourth-order valence-corrected chi connectivity index (χ4v) is 4.99. The van der Waals surface area contributed by atoms with Gasteiger partial charge in [-0.3, -0.25) is 14.9 Å². The third kappa shape index (κ3) is 4.56. The molecule has 0 unspecified atom stereocenters. The summed E-state index contributed by atoms with van der Waals surface area (Å²) in [5.74, 6) is 0.924.